The third kappa shape index (κ3) is 9.85. The van der Waals surface area contributed by atoms with Crippen LogP contribution in [0.4, 0.5) is 0 Å². The van der Waals surface area contributed by atoms with Crippen LogP contribution in [0, 0.1) is 0 Å². The predicted octanol–water partition coefficient (Wildman–Crippen LogP) is -1.60. The molecular formula is C18H29N5O6S. The van der Waals surface area contributed by atoms with E-state index in [-0.39, 0.29) is 62.8 Å². The van der Waals surface area contributed by atoms with Gasteiger partial charge in [-0.05, 0) is 12.8 Å². The molecule has 0 aromatic carbocycles. The molecular weight excluding hydrogens is 414 g/mol. The van der Waals surface area contributed by atoms with Crippen molar-refractivity contribution < 1.29 is 28.7 Å². The highest BCUT2D eigenvalue weighted by Gasteiger charge is 2.22. The van der Waals surface area contributed by atoms with Gasteiger partial charge in [0.1, 0.15) is 7.17 Å². The molecule has 5 amide bonds. The summed E-state index contributed by atoms with van der Waals surface area (Å²) in [5.41, 5.74) is 5.56. The summed E-state index contributed by atoms with van der Waals surface area (Å²) in [6.45, 7) is 0.806. The van der Waals surface area contributed by atoms with E-state index in [0.29, 0.717) is 38.5 Å². The van der Waals surface area contributed by atoms with Gasteiger partial charge in [0.2, 0.25) is 17.7 Å². The van der Waals surface area contributed by atoms with Crippen LogP contribution >= 0.6 is 12.7 Å². The summed E-state index contributed by atoms with van der Waals surface area (Å²) in [4.78, 5) is 59.3. The van der Waals surface area contributed by atoms with Gasteiger partial charge in [-0.2, -0.15) is 0 Å². The highest BCUT2D eigenvalue weighted by Crippen LogP contribution is 2.07. The number of imide groups is 1. The number of nitrogens with zero attached hydrogens (tertiary/aromatic N) is 1. The minimum absolute atomic E-state index is 0.0599. The smallest absolute Gasteiger partial charge is 0.253 e. The molecule has 30 heavy (non-hydrogen) atoms. The van der Waals surface area contributed by atoms with Crippen molar-refractivity contribution in [2.75, 3.05) is 32.8 Å². The number of carbonyl (C=O) groups is 5. The Morgan fingerprint density at radius 1 is 1.10 bits per heavy atom. The number of hydrogen-bond donors (Lipinski definition) is 5. The van der Waals surface area contributed by atoms with Crippen molar-refractivity contribution in [3.63, 3.8) is 0 Å². The molecule has 1 aliphatic rings. The van der Waals surface area contributed by atoms with E-state index in [1.807, 2.05) is 0 Å². The maximum atomic E-state index is 12.1. The van der Waals surface area contributed by atoms with Gasteiger partial charge in [-0.1, -0.05) is 19.1 Å². The predicted molar refractivity (Wildman–Crippen MR) is 111 cm³/mol. The summed E-state index contributed by atoms with van der Waals surface area (Å²) in [6, 6.07) is -0.863. The maximum Gasteiger partial charge on any atom is 0.253 e. The van der Waals surface area contributed by atoms with Crippen molar-refractivity contribution in [3.05, 3.63) is 12.2 Å². The fourth-order valence-corrected chi connectivity index (χ4v) is 2.67. The molecule has 0 aromatic rings. The molecule has 5 N–H and O–H groups in total. The van der Waals surface area contributed by atoms with E-state index in [0.717, 1.165) is 4.90 Å². The minimum atomic E-state index is -0.863. The molecule has 0 radical (unpaired) electrons. The first kappa shape index (κ1) is 23.8. The van der Waals surface area contributed by atoms with E-state index in [1.165, 1.54) is 12.2 Å². The lowest BCUT2D eigenvalue weighted by atomic mass is 10.1. The highest BCUT2D eigenvalue weighted by molar-refractivity contribution is 7.78. The van der Waals surface area contributed by atoms with Gasteiger partial charge < -0.3 is 25.8 Å². The topological polar surface area (TPSA) is 160 Å². The standard InChI is InChI=1S/C18H29N5O6S/c19-12-13(18(28)20-8-11-29-10-7-15(25)22-30)21-14(24)4-2-1-3-9-23-16(26)5-6-17(23)27/h5-6,13,30H,1-4,7-12,19H2,(H,20,28)(H,21,24)(H,22,25)/i/hT. The number of nitrogens with one attached hydrogen (secondary N) is 3. The number of unbranched alkanes of at least 4 members (excludes halogenated alkanes) is 2. The second kappa shape index (κ2) is 14.5. The Hall–Kier alpha value is -2.44. The van der Waals surface area contributed by atoms with Crippen LogP contribution in [0.5, 0.6) is 0 Å². The molecule has 0 saturated carbocycles. The number of nitrogens with two attached hydrogens (primary N) is 1. The quantitative estimate of drug-likeness (QED) is 0.109. The number of ether oxygens (including phenoxy) is 1. The zero-order chi connectivity index (χ0) is 23.1. The molecule has 1 rings (SSSR count). The average Bonchev–Trinajstić information content (AvgIpc) is 3.06. The van der Waals surface area contributed by atoms with Gasteiger partial charge >= 0.3 is 0 Å². The summed E-state index contributed by atoms with van der Waals surface area (Å²) in [7, 11) is 0. The Morgan fingerprint density at radius 3 is 2.50 bits per heavy atom. The van der Waals surface area contributed by atoms with Gasteiger partial charge in [-0.3, -0.25) is 28.9 Å². The second-order valence-electron chi connectivity index (χ2n) is 6.51. The van der Waals surface area contributed by atoms with Crippen molar-refractivity contribution in [2.24, 2.45) is 5.73 Å². The summed E-state index contributed by atoms with van der Waals surface area (Å²) in [5.74, 6) is -1.70. The van der Waals surface area contributed by atoms with Crippen LogP contribution in [0.2, 0.25) is 0 Å². The van der Waals surface area contributed by atoms with Crippen molar-refractivity contribution in [1.29, 1.82) is 1.12 Å². The Labute approximate surface area is 181 Å². The third-order valence-corrected chi connectivity index (χ3v) is 4.43. The molecule has 1 heterocycles. The molecule has 0 aliphatic carbocycles. The second-order valence-corrected chi connectivity index (χ2v) is 6.71. The first-order chi connectivity index (χ1) is 14.9. The monoisotopic (exact) mass is 445 g/mol. The molecule has 0 saturated heterocycles. The van der Waals surface area contributed by atoms with Gasteiger partial charge in [-0.25, -0.2) is 0 Å². The number of hydrogen-bond acceptors (Lipinski definition) is 8. The lowest BCUT2D eigenvalue weighted by molar-refractivity contribution is -0.137. The fraction of sp³-hybridized carbons (Fsp3) is 0.611. The summed E-state index contributed by atoms with van der Waals surface area (Å²) in [6.07, 6.45) is 4.58. The van der Waals surface area contributed by atoms with Crippen LogP contribution in [0.15, 0.2) is 12.2 Å². The van der Waals surface area contributed by atoms with Gasteiger partial charge in [0, 0.05) is 38.2 Å². The van der Waals surface area contributed by atoms with E-state index in [1.54, 1.807) is 0 Å². The largest absolute Gasteiger partial charge is 0.379 e. The van der Waals surface area contributed by atoms with Gasteiger partial charge in [0.05, 0.1) is 19.6 Å². The van der Waals surface area contributed by atoms with Crippen LogP contribution in [-0.2, 0) is 28.7 Å². The van der Waals surface area contributed by atoms with Crippen LogP contribution in [-0.4, -0.2) is 74.4 Å². The van der Waals surface area contributed by atoms with Crippen molar-refractivity contribution in [1.82, 2.24) is 20.3 Å². The maximum absolute atomic E-state index is 12.1. The average molecular weight is 446 g/mol. The minimum Gasteiger partial charge on any atom is -0.379 e. The Bertz CT molecular complexity index is 660. The molecule has 0 fully saturated rings. The molecule has 1 unspecified atom stereocenters. The molecule has 12 heteroatoms. The molecule has 11 nitrogen and oxygen atoms in total. The van der Waals surface area contributed by atoms with E-state index >= 15 is 0 Å². The van der Waals surface area contributed by atoms with E-state index in [2.05, 4.69) is 15.4 Å². The van der Waals surface area contributed by atoms with Crippen molar-refractivity contribution >= 4 is 42.3 Å². The van der Waals surface area contributed by atoms with Crippen LogP contribution in [0.25, 0.3) is 0 Å². The van der Waals surface area contributed by atoms with E-state index in [9.17, 15) is 24.0 Å². The number of rotatable bonds is 16. The van der Waals surface area contributed by atoms with Crippen LogP contribution < -0.4 is 21.1 Å². The molecule has 0 bridgehead atoms. The Balaban J connectivity index is 2.12. The van der Waals surface area contributed by atoms with Crippen LogP contribution in [0.3, 0.4) is 0 Å². The summed E-state index contributed by atoms with van der Waals surface area (Å²) in [5, 5.41) is 5.17. The molecule has 0 spiro atoms. The van der Waals surface area contributed by atoms with E-state index < -0.39 is 11.9 Å². The Kier molecular flexibility index (Phi) is 11.5. The molecule has 168 valence electrons. The van der Waals surface area contributed by atoms with Gasteiger partial charge in [0.25, 0.3) is 11.8 Å². The first-order valence-corrected chi connectivity index (χ1v) is 10.1. The van der Waals surface area contributed by atoms with Crippen molar-refractivity contribution in [3.8, 4) is 0 Å². The molecule has 1 aliphatic heterocycles. The summed E-state index contributed by atoms with van der Waals surface area (Å²) < 4.78 is 14.2. The third-order valence-electron chi connectivity index (χ3n) is 4.21. The van der Waals surface area contributed by atoms with Gasteiger partial charge in [-0.15, -0.1) is 0 Å². The highest BCUT2D eigenvalue weighted by atomic mass is 32.1. The lowest BCUT2D eigenvalue weighted by Crippen LogP contribution is -2.51. The number of amides is 5. The zero-order valence-electron chi connectivity index (χ0n) is 17.7. The SMILES string of the molecule is [3H]SNC(=O)CCOCCNC(=O)C(CN)NC(=O)CCCCCN1C(=O)C=CC1=O. The fourth-order valence-electron chi connectivity index (χ4n) is 2.57. The number of thiol groups is 1. The first-order valence-electron chi connectivity index (χ1n) is 10.1. The zero-order valence-corrected chi connectivity index (χ0v) is 17.5. The lowest BCUT2D eigenvalue weighted by Gasteiger charge is -2.17. The van der Waals surface area contributed by atoms with Crippen LogP contribution in [0.1, 0.15) is 32.1 Å². The Morgan fingerprint density at radius 2 is 1.83 bits per heavy atom. The van der Waals surface area contributed by atoms with E-state index in [4.69, 9.17) is 11.6 Å². The summed E-state index contributed by atoms with van der Waals surface area (Å²) >= 11 is 0.468. The van der Waals surface area contributed by atoms with Gasteiger partial charge in [0.15, 0.2) is 0 Å². The normalized spacial score (nSPS) is 14.4. The molecule has 0 aromatic heterocycles. The number of carbonyl (C=O) groups excluding carboxylic acids is 5. The van der Waals surface area contributed by atoms with Crippen molar-refractivity contribution in [2.45, 2.75) is 38.1 Å². The molecule has 1 atom stereocenters.